The molecule has 0 fully saturated rings. The molecule has 0 spiro atoms. The second kappa shape index (κ2) is 4.66. The number of hydrogen-bond acceptors (Lipinski definition) is 1. The molecule has 1 nitrogen and oxygen atoms in total. The molecule has 74 valence electrons. The Hall–Kier alpha value is -1.49. The third-order valence-corrected chi connectivity index (χ3v) is 1.99. The van der Waals surface area contributed by atoms with Gasteiger partial charge in [0.2, 0.25) is 0 Å². The summed E-state index contributed by atoms with van der Waals surface area (Å²) in [5, 5.41) is 3.08. The van der Waals surface area contributed by atoms with E-state index in [2.05, 4.69) is 11.2 Å². The Morgan fingerprint density at radius 3 is 2.71 bits per heavy atom. The van der Waals surface area contributed by atoms with E-state index in [9.17, 15) is 4.39 Å². The Kier molecular flexibility index (Phi) is 3.53. The summed E-state index contributed by atoms with van der Waals surface area (Å²) < 4.78 is 13.0. The van der Waals surface area contributed by atoms with Crippen LogP contribution < -0.4 is 5.32 Å². The van der Waals surface area contributed by atoms with Gasteiger partial charge in [-0.1, -0.05) is 12.8 Å². The molecule has 0 aliphatic heterocycles. The molecule has 1 unspecified atom stereocenters. The van der Waals surface area contributed by atoms with Crippen LogP contribution >= 0.6 is 0 Å². The zero-order valence-corrected chi connectivity index (χ0v) is 8.47. The summed E-state index contributed by atoms with van der Waals surface area (Å²) in [4.78, 5) is 0. The quantitative estimate of drug-likeness (QED) is 0.724. The molecule has 0 aliphatic carbocycles. The molecule has 0 saturated heterocycles. The predicted molar refractivity (Wildman–Crippen MR) is 57.7 cm³/mol. The van der Waals surface area contributed by atoms with Gasteiger partial charge in [-0.25, -0.2) is 4.39 Å². The number of halogens is 1. The fourth-order valence-corrected chi connectivity index (χ4v) is 1.28. The van der Waals surface area contributed by atoms with Gasteiger partial charge in [0.15, 0.2) is 0 Å². The fourth-order valence-electron chi connectivity index (χ4n) is 1.28. The molecule has 0 amide bonds. The molecule has 1 rings (SSSR count). The largest absolute Gasteiger partial charge is 0.371 e. The molecule has 14 heavy (non-hydrogen) atoms. The van der Waals surface area contributed by atoms with Crippen molar-refractivity contribution in [1.82, 2.24) is 0 Å². The first-order valence-corrected chi connectivity index (χ1v) is 4.65. The summed E-state index contributed by atoms with van der Waals surface area (Å²) in [6.07, 6.45) is 6.13. The lowest BCUT2D eigenvalue weighted by molar-refractivity contribution is 0.627. The number of anilines is 1. The SMILES string of the molecule is C#CC(CC)Nc1cc(C)cc(F)c1. The minimum Gasteiger partial charge on any atom is -0.371 e. The molecule has 0 heterocycles. The summed E-state index contributed by atoms with van der Waals surface area (Å²) in [6, 6.07) is 4.79. The van der Waals surface area contributed by atoms with Crippen LogP contribution in [0.1, 0.15) is 18.9 Å². The number of benzene rings is 1. The van der Waals surface area contributed by atoms with Crippen LogP contribution in [0, 0.1) is 25.1 Å². The maximum atomic E-state index is 13.0. The van der Waals surface area contributed by atoms with Gasteiger partial charge in [0.1, 0.15) is 5.82 Å². The predicted octanol–water partition coefficient (Wildman–Crippen LogP) is 2.96. The maximum absolute atomic E-state index is 13.0. The van der Waals surface area contributed by atoms with Crippen LogP contribution in [0.25, 0.3) is 0 Å². The van der Waals surface area contributed by atoms with Gasteiger partial charge in [-0.15, -0.1) is 6.42 Å². The molecule has 0 radical (unpaired) electrons. The molecule has 1 aromatic carbocycles. The Labute approximate surface area is 84.3 Å². The Morgan fingerprint density at radius 1 is 1.50 bits per heavy atom. The summed E-state index contributed by atoms with van der Waals surface area (Å²) in [7, 11) is 0. The molecule has 1 aromatic rings. The summed E-state index contributed by atoms with van der Waals surface area (Å²) in [5.41, 5.74) is 1.63. The lowest BCUT2D eigenvalue weighted by Gasteiger charge is -2.12. The minimum atomic E-state index is -0.237. The fraction of sp³-hybridized carbons (Fsp3) is 0.333. The van der Waals surface area contributed by atoms with Crippen molar-refractivity contribution in [1.29, 1.82) is 0 Å². The van der Waals surface area contributed by atoms with Crippen molar-refractivity contribution in [2.75, 3.05) is 5.32 Å². The molecule has 0 aliphatic rings. The van der Waals surface area contributed by atoms with E-state index in [0.717, 1.165) is 17.7 Å². The van der Waals surface area contributed by atoms with Crippen LogP contribution in [0.2, 0.25) is 0 Å². The topological polar surface area (TPSA) is 12.0 Å². The molecule has 0 bridgehead atoms. The number of aryl methyl sites for hydroxylation is 1. The first-order chi connectivity index (χ1) is 6.65. The molecular weight excluding hydrogens is 177 g/mol. The summed E-state index contributed by atoms with van der Waals surface area (Å²) in [6.45, 7) is 3.84. The van der Waals surface area contributed by atoms with E-state index in [-0.39, 0.29) is 11.9 Å². The van der Waals surface area contributed by atoms with Crippen LogP contribution in [0.15, 0.2) is 18.2 Å². The smallest absolute Gasteiger partial charge is 0.125 e. The minimum absolute atomic E-state index is 0.0313. The number of rotatable bonds is 3. The van der Waals surface area contributed by atoms with Gasteiger partial charge in [-0.3, -0.25) is 0 Å². The van der Waals surface area contributed by atoms with Crippen molar-refractivity contribution in [3.05, 3.63) is 29.6 Å². The van der Waals surface area contributed by atoms with Crippen LogP contribution in [0.5, 0.6) is 0 Å². The average Bonchev–Trinajstić information content (AvgIpc) is 2.12. The zero-order valence-electron chi connectivity index (χ0n) is 8.47. The lowest BCUT2D eigenvalue weighted by Crippen LogP contribution is -2.15. The van der Waals surface area contributed by atoms with Crippen molar-refractivity contribution in [3.8, 4) is 12.3 Å². The molecule has 2 heteroatoms. The van der Waals surface area contributed by atoms with Crippen LogP contribution in [-0.4, -0.2) is 6.04 Å². The van der Waals surface area contributed by atoms with Gasteiger partial charge in [0, 0.05) is 5.69 Å². The highest BCUT2D eigenvalue weighted by Crippen LogP contribution is 2.14. The summed E-state index contributed by atoms with van der Waals surface area (Å²) in [5.74, 6) is 2.37. The molecule has 1 N–H and O–H groups in total. The Morgan fingerprint density at radius 2 is 2.21 bits per heavy atom. The van der Waals surface area contributed by atoms with E-state index in [1.165, 1.54) is 12.1 Å². The first-order valence-electron chi connectivity index (χ1n) is 4.65. The van der Waals surface area contributed by atoms with Crippen LogP contribution in [0.4, 0.5) is 10.1 Å². The van der Waals surface area contributed by atoms with Gasteiger partial charge in [-0.05, 0) is 37.1 Å². The Bertz CT molecular complexity index is 332. The molecule has 1 atom stereocenters. The highest BCUT2D eigenvalue weighted by molar-refractivity contribution is 5.48. The highest BCUT2D eigenvalue weighted by Gasteiger charge is 2.02. The van der Waals surface area contributed by atoms with E-state index in [4.69, 9.17) is 6.42 Å². The van der Waals surface area contributed by atoms with E-state index in [1.54, 1.807) is 0 Å². The van der Waals surface area contributed by atoms with Crippen molar-refractivity contribution in [2.45, 2.75) is 26.3 Å². The molecule has 0 aromatic heterocycles. The van der Waals surface area contributed by atoms with E-state index < -0.39 is 0 Å². The number of nitrogens with one attached hydrogen (secondary N) is 1. The van der Waals surface area contributed by atoms with E-state index in [0.29, 0.717) is 0 Å². The van der Waals surface area contributed by atoms with Crippen molar-refractivity contribution in [2.24, 2.45) is 0 Å². The van der Waals surface area contributed by atoms with Gasteiger partial charge >= 0.3 is 0 Å². The van der Waals surface area contributed by atoms with Crippen molar-refractivity contribution >= 4 is 5.69 Å². The molecular formula is C12H14FN. The van der Waals surface area contributed by atoms with E-state index >= 15 is 0 Å². The number of hydrogen-bond donors (Lipinski definition) is 1. The number of terminal acetylenes is 1. The van der Waals surface area contributed by atoms with Crippen molar-refractivity contribution < 1.29 is 4.39 Å². The van der Waals surface area contributed by atoms with Gasteiger partial charge in [0.25, 0.3) is 0 Å². The average molecular weight is 191 g/mol. The maximum Gasteiger partial charge on any atom is 0.125 e. The van der Waals surface area contributed by atoms with Gasteiger partial charge < -0.3 is 5.32 Å². The normalized spacial score (nSPS) is 11.9. The first kappa shape index (κ1) is 10.6. The summed E-state index contributed by atoms with van der Waals surface area (Å²) >= 11 is 0. The third-order valence-electron chi connectivity index (χ3n) is 1.99. The highest BCUT2D eigenvalue weighted by atomic mass is 19.1. The van der Waals surface area contributed by atoms with Crippen LogP contribution in [-0.2, 0) is 0 Å². The standard InChI is InChI=1S/C12H14FN/c1-4-11(5-2)14-12-7-9(3)6-10(13)8-12/h1,6-8,11,14H,5H2,2-3H3. The second-order valence-electron chi connectivity index (χ2n) is 3.29. The van der Waals surface area contributed by atoms with Crippen LogP contribution in [0.3, 0.4) is 0 Å². The van der Waals surface area contributed by atoms with Gasteiger partial charge in [-0.2, -0.15) is 0 Å². The monoisotopic (exact) mass is 191 g/mol. The molecule has 0 saturated carbocycles. The second-order valence-corrected chi connectivity index (χ2v) is 3.29. The van der Waals surface area contributed by atoms with Crippen molar-refractivity contribution in [3.63, 3.8) is 0 Å². The van der Waals surface area contributed by atoms with Gasteiger partial charge in [0.05, 0.1) is 6.04 Å². The Balaban J connectivity index is 2.82. The third kappa shape index (κ3) is 2.77. The zero-order chi connectivity index (χ0) is 10.6. The lowest BCUT2D eigenvalue weighted by atomic mass is 10.2. The van der Waals surface area contributed by atoms with E-state index in [1.807, 2.05) is 19.9 Å².